The first-order valence-corrected chi connectivity index (χ1v) is 11.0. The summed E-state index contributed by atoms with van der Waals surface area (Å²) in [6, 6.07) is 11.6. The molecule has 0 saturated heterocycles. The van der Waals surface area contributed by atoms with Crippen LogP contribution in [-0.4, -0.2) is 36.1 Å². The number of hydrogen-bond acceptors (Lipinski definition) is 5. The van der Waals surface area contributed by atoms with Gasteiger partial charge in [0.2, 0.25) is 0 Å². The number of benzene rings is 2. The first kappa shape index (κ1) is 22.9. The van der Waals surface area contributed by atoms with Crippen molar-refractivity contribution in [3.8, 4) is 5.75 Å². The number of hydrogen-bond donors (Lipinski definition) is 0. The lowest BCUT2D eigenvalue weighted by molar-refractivity contribution is 0.0721. The molecule has 31 heavy (non-hydrogen) atoms. The van der Waals surface area contributed by atoms with E-state index < -0.39 is 0 Å². The Balaban J connectivity index is 1.65. The minimum absolute atomic E-state index is 0.156. The van der Waals surface area contributed by atoms with E-state index in [0.717, 1.165) is 16.5 Å². The van der Waals surface area contributed by atoms with E-state index in [1.807, 2.05) is 23.6 Å². The number of ether oxygens (including phenoxy) is 2. The summed E-state index contributed by atoms with van der Waals surface area (Å²) in [6.45, 7) is 5.95. The van der Waals surface area contributed by atoms with Crippen LogP contribution in [0.4, 0.5) is 4.39 Å². The molecule has 1 aromatic heterocycles. The summed E-state index contributed by atoms with van der Waals surface area (Å²) in [5, 5.41) is 2.79. The molecule has 1 heterocycles. The van der Waals surface area contributed by atoms with E-state index in [-0.39, 0.29) is 11.7 Å². The van der Waals surface area contributed by atoms with Crippen molar-refractivity contribution in [3.05, 3.63) is 81.1 Å². The number of aromatic nitrogens is 1. The lowest BCUT2D eigenvalue weighted by atomic mass is 10.1. The lowest BCUT2D eigenvalue weighted by Crippen LogP contribution is -2.32. The molecule has 0 aliphatic rings. The van der Waals surface area contributed by atoms with Gasteiger partial charge in [-0.05, 0) is 67.8 Å². The maximum absolute atomic E-state index is 13.2. The van der Waals surface area contributed by atoms with E-state index >= 15 is 0 Å². The van der Waals surface area contributed by atoms with Gasteiger partial charge in [-0.1, -0.05) is 6.07 Å². The van der Waals surface area contributed by atoms with Gasteiger partial charge in [-0.15, -0.1) is 11.3 Å². The van der Waals surface area contributed by atoms with Crippen molar-refractivity contribution in [2.45, 2.75) is 33.4 Å². The predicted molar refractivity (Wildman–Crippen MR) is 120 cm³/mol. The van der Waals surface area contributed by atoms with Crippen molar-refractivity contribution < 1.29 is 18.7 Å². The molecule has 0 saturated carbocycles. The van der Waals surface area contributed by atoms with Crippen molar-refractivity contribution in [2.75, 3.05) is 20.3 Å². The molecule has 7 heteroatoms. The largest absolute Gasteiger partial charge is 0.486 e. The fourth-order valence-corrected chi connectivity index (χ4v) is 3.76. The summed E-state index contributed by atoms with van der Waals surface area (Å²) in [4.78, 5) is 19.3. The Kier molecular flexibility index (Phi) is 8.14. The zero-order valence-corrected chi connectivity index (χ0v) is 18.9. The van der Waals surface area contributed by atoms with Crippen LogP contribution in [0.25, 0.3) is 0 Å². The highest BCUT2D eigenvalue weighted by Gasteiger charge is 2.17. The van der Waals surface area contributed by atoms with Gasteiger partial charge in [0, 0.05) is 31.2 Å². The Bertz CT molecular complexity index is 1000. The van der Waals surface area contributed by atoms with E-state index in [1.54, 1.807) is 12.0 Å². The summed E-state index contributed by atoms with van der Waals surface area (Å²) in [7, 11) is 1.63. The molecule has 3 aromatic rings. The number of carbonyl (C=O) groups excluding carboxylic acids is 1. The van der Waals surface area contributed by atoms with Crippen molar-refractivity contribution in [3.63, 3.8) is 0 Å². The normalized spacial score (nSPS) is 10.8. The molecular formula is C24H27FN2O3S. The second-order valence-corrected chi connectivity index (χ2v) is 8.29. The molecule has 5 nitrogen and oxygen atoms in total. The Labute approximate surface area is 186 Å². The van der Waals surface area contributed by atoms with Crippen molar-refractivity contribution in [1.82, 2.24) is 9.88 Å². The molecule has 0 unspecified atom stereocenters. The molecule has 164 valence electrons. The third-order valence-corrected chi connectivity index (χ3v) is 5.82. The second-order valence-electron chi connectivity index (χ2n) is 7.35. The molecule has 0 atom stereocenters. The topological polar surface area (TPSA) is 51.7 Å². The van der Waals surface area contributed by atoms with Crippen LogP contribution in [0.3, 0.4) is 0 Å². The van der Waals surface area contributed by atoms with Crippen molar-refractivity contribution in [2.24, 2.45) is 0 Å². The van der Waals surface area contributed by atoms with Gasteiger partial charge in [-0.2, -0.15) is 0 Å². The Morgan fingerprint density at radius 2 is 1.90 bits per heavy atom. The Morgan fingerprint density at radius 1 is 1.13 bits per heavy atom. The molecule has 1 amide bonds. The number of methoxy groups -OCH3 is 1. The summed E-state index contributed by atoms with van der Waals surface area (Å²) in [5.74, 6) is 0.292. The zero-order valence-electron chi connectivity index (χ0n) is 18.1. The van der Waals surface area contributed by atoms with Gasteiger partial charge in [0.25, 0.3) is 5.91 Å². The van der Waals surface area contributed by atoms with Crippen LogP contribution in [0.2, 0.25) is 0 Å². The standard InChI is InChI=1S/C24H27FN2O3S/c1-17-5-10-22(13-18(17)2)30-15-23-26-21(16-31-23)14-27(11-4-12-29-3)24(28)19-6-8-20(25)9-7-19/h5-10,13,16H,4,11-12,14-15H2,1-3H3. The predicted octanol–water partition coefficient (Wildman–Crippen LogP) is 5.16. The van der Waals surface area contributed by atoms with E-state index in [9.17, 15) is 9.18 Å². The van der Waals surface area contributed by atoms with E-state index in [0.29, 0.717) is 38.3 Å². The summed E-state index contributed by atoms with van der Waals surface area (Å²) < 4.78 is 24.2. The molecule has 0 bridgehead atoms. The van der Waals surface area contributed by atoms with Crippen LogP contribution in [0, 0.1) is 19.7 Å². The highest BCUT2D eigenvalue weighted by atomic mass is 32.1. The van der Waals surface area contributed by atoms with Gasteiger partial charge in [0.1, 0.15) is 23.2 Å². The average Bonchev–Trinajstić information content (AvgIpc) is 3.21. The summed E-state index contributed by atoms with van der Waals surface area (Å²) >= 11 is 1.51. The highest BCUT2D eigenvalue weighted by molar-refractivity contribution is 7.09. The SMILES string of the molecule is COCCCN(Cc1csc(COc2ccc(C)c(C)c2)n1)C(=O)c1ccc(F)cc1. The molecule has 0 N–H and O–H groups in total. The molecule has 0 fully saturated rings. The van der Waals surface area contributed by atoms with Gasteiger partial charge in [-0.25, -0.2) is 9.37 Å². The molecule has 0 radical (unpaired) electrons. The molecular weight excluding hydrogens is 415 g/mol. The Morgan fingerprint density at radius 3 is 2.61 bits per heavy atom. The van der Waals surface area contributed by atoms with Gasteiger partial charge in [0.05, 0.1) is 12.2 Å². The van der Waals surface area contributed by atoms with Crippen LogP contribution in [-0.2, 0) is 17.9 Å². The fourth-order valence-electron chi connectivity index (χ4n) is 3.06. The smallest absolute Gasteiger partial charge is 0.254 e. The number of carbonyl (C=O) groups is 1. The van der Waals surface area contributed by atoms with Gasteiger partial charge < -0.3 is 14.4 Å². The molecule has 3 rings (SSSR count). The number of halogens is 1. The van der Waals surface area contributed by atoms with E-state index in [1.165, 1.54) is 46.7 Å². The van der Waals surface area contributed by atoms with Crippen LogP contribution in [0.5, 0.6) is 5.75 Å². The van der Waals surface area contributed by atoms with Gasteiger partial charge in [0.15, 0.2) is 0 Å². The van der Waals surface area contributed by atoms with Crippen molar-refractivity contribution in [1.29, 1.82) is 0 Å². The molecule has 0 aliphatic heterocycles. The number of aryl methyl sites for hydroxylation is 2. The fraction of sp³-hybridized carbons (Fsp3) is 0.333. The van der Waals surface area contributed by atoms with E-state index in [4.69, 9.17) is 9.47 Å². The summed E-state index contributed by atoms with van der Waals surface area (Å²) in [5.41, 5.74) is 3.66. The van der Waals surface area contributed by atoms with Crippen LogP contribution >= 0.6 is 11.3 Å². The maximum Gasteiger partial charge on any atom is 0.254 e. The Hall–Kier alpha value is -2.77. The highest BCUT2D eigenvalue weighted by Crippen LogP contribution is 2.20. The number of rotatable bonds is 10. The monoisotopic (exact) mass is 442 g/mol. The zero-order chi connectivity index (χ0) is 22.2. The third-order valence-electron chi connectivity index (χ3n) is 4.95. The molecule has 2 aromatic carbocycles. The molecule has 0 spiro atoms. The lowest BCUT2D eigenvalue weighted by Gasteiger charge is -2.22. The summed E-state index contributed by atoms with van der Waals surface area (Å²) in [6.07, 6.45) is 0.705. The second kappa shape index (κ2) is 11.0. The minimum atomic E-state index is -0.365. The van der Waals surface area contributed by atoms with Crippen LogP contribution in [0.15, 0.2) is 47.8 Å². The van der Waals surface area contributed by atoms with Gasteiger partial charge in [-0.3, -0.25) is 4.79 Å². The minimum Gasteiger partial charge on any atom is -0.486 e. The third kappa shape index (κ3) is 6.60. The maximum atomic E-state index is 13.2. The van der Waals surface area contributed by atoms with Gasteiger partial charge >= 0.3 is 0 Å². The average molecular weight is 443 g/mol. The van der Waals surface area contributed by atoms with E-state index in [2.05, 4.69) is 18.8 Å². The number of thiazole rings is 1. The number of amides is 1. The van der Waals surface area contributed by atoms with Crippen molar-refractivity contribution >= 4 is 17.2 Å². The van der Waals surface area contributed by atoms with Crippen LogP contribution in [0.1, 0.15) is 38.6 Å². The quantitative estimate of drug-likeness (QED) is 0.407. The number of nitrogens with zero attached hydrogens (tertiary/aromatic N) is 2. The first-order chi connectivity index (χ1) is 15.0. The molecule has 0 aliphatic carbocycles. The van der Waals surface area contributed by atoms with Crippen LogP contribution < -0.4 is 4.74 Å². The first-order valence-electron chi connectivity index (χ1n) is 10.1.